The number of hydrogen-bond donors (Lipinski definition) is 0. The second-order valence-electron chi connectivity index (χ2n) is 2.36. The summed E-state index contributed by atoms with van der Waals surface area (Å²) in [6.07, 6.45) is 0. The Morgan fingerprint density at radius 3 is 2.54 bits per heavy atom. The van der Waals surface area contributed by atoms with Gasteiger partial charge in [0.15, 0.2) is 0 Å². The van der Waals surface area contributed by atoms with Gasteiger partial charge in [-0.25, -0.2) is 4.79 Å². The molecular formula is C8H8Cl2O2S. The van der Waals surface area contributed by atoms with Crippen molar-refractivity contribution < 1.29 is 9.53 Å². The average Bonchev–Trinajstić information content (AvgIpc) is 2.33. The Morgan fingerprint density at radius 1 is 1.54 bits per heavy atom. The van der Waals surface area contributed by atoms with E-state index in [-0.39, 0.29) is 5.97 Å². The van der Waals surface area contributed by atoms with E-state index in [1.54, 1.807) is 13.8 Å². The number of rotatable bonds is 2. The van der Waals surface area contributed by atoms with Gasteiger partial charge in [-0.1, -0.05) is 23.2 Å². The molecule has 5 heteroatoms. The normalized spacial score (nSPS) is 10.2. The van der Waals surface area contributed by atoms with Gasteiger partial charge in [-0.15, -0.1) is 11.3 Å². The van der Waals surface area contributed by atoms with E-state index in [9.17, 15) is 4.79 Å². The van der Waals surface area contributed by atoms with Crippen LogP contribution in [0.25, 0.3) is 0 Å². The Kier molecular flexibility index (Phi) is 3.59. The third-order valence-corrected chi connectivity index (χ3v) is 3.66. The van der Waals surface area contributed by atoms with Crippen molar-refractivity contribution >= 4 is 40.5 Å². The number of halogens is 2. The minimum Gasteiger partial charge on any atom is -0.462 e. The number of carbonyl (C=O) groups is 1. The predicted molar refractivity (Wildman–Crippen MR) is 55.0 cm³/mol. The van der Waals surface area contributed by atoms with Crippen LogP contribution in [-0.4, -0.2) is 12.6 Å². The number of hydrogen-bond acceptors (Lipinski definition) is 3. The zero-order valence-electron chi connectivity index (χ0n) is 7.19. The van der Waals surface area contributed by atoms with E-state index in [1.807, 2.05) is 0 Å². The van der Waals surface area contributed by atoms with Gasteiger partial charge in [0.2, 0.25) is 0 Å². The van der Waals surface area contributed by atoms with Crippen LogP contribution in [-0.2, 0) is 4.74 Å². The van der Waals surface area contributed by atoms with Crippen LogP contribution in [0.3, 0.4) is 0 Å². The summed E-state index contributed by atoms with van der Waals surface area (Å²) in [5.41, 5.74) is 0.690. The molecule has 2 nitrogen and oxygen atoms in total. The first-order valence-corrected chi connectivity index (χ1v) is 5.26. The summed E-state index contributed by atoms with van der Waals surface area (Å²) >= 11 is 12.7. The smallest absolute Gasteiger partial charge is 0.348 e. The van der Waals surface area contributed by atoms with Crippen LogP contribution in [0.2, 0.25) is 9.36 Å². The van der Waals surface area contributed by atoms with Crippen molar-refractivity contribution in [2.24, 2.45) is 0 Å². The standard InChI is InChI=1S/C8H8Cl2O2S/c1-3-12-8(11)6-4(2)5(9)7(10)13-6/h3H2,1-2H3. The Labute approximate surface area is 90.4 Å². The lowest BCUT2D eigenvalue weighted by atomic mass is 10.3. The first-order chi connectivity index (χ1) is 6.07. The third-order valence-electron chi connectivity index (χ3n) is 1.49. The van der Waals surface area contributed by atoms with Crippen LogP contribution in [0.5, 0.6) is 0 Å². The zero-order valence-corrected chi connectivity index (χ0v) is 9.52. The van der Waals surface area contributed by atoms with Gasteiger partial charge >= 0.3 is 5.97 Å². The number of carbonyl (C=O) groups excluding carboxylic acids is 1. The van der Waals surface area contributed by atoms with Crippen LogP contribution in [0.15, 0.2) is 0 Å². The fourth-order valence-electron chi connectivity index (χ4n) is 0.849. The van der Waals surface area contributed by atoms with Crippen molar-refractivity contribution in [2.75, 3.05) is 6.61 Å². The molecule has 0 saturated heterocycles. The van der Waals surface area contributed by atoms with Gasteiger partial charge in [-0.2, -0.15) is 0 Å². The Balaban J connectivity index is 3.01. The first-order valence-electron chi connectivity index (χ1n) is 3.69. The van der Waals surface area contributed by atoms with Crippen molar-refractivity contribution in [1.82, 2.24) is 0 Å². The van der Waals surface area contributed by atoms with Gasteiger partial charge in [0.05, 0.1) is 11.6 Å². The summed E-state index contributed by atoms with van der Waals surface area (Å²) in [6.45, 7) is 3.85. The molecule has 0 unspecified atom stereocenters. The summed E-state index contributed by atoms with van der Waals surface area (Å²) in [4.78, 5) is 11.8. The Morgan fingerprint density at radius 2 is 2.15 bits per heavy atom. The molecule has 0 radical (unpaired) electrons. The lowest BCUT2D eigenvalue weighted by Crippen LogP contribution is -2.03. The molecule has 0 atom stereocenters. The molecule has 0 aliphatic heterocycles. The molecule has 0 spiro atoms. The molecule has 72 valence electrons. The number of esters is 1. The largest absolute Gasteiger partial charge is 0.462 e. The maximum Gasteiger partial charge on any atom is 0.348 e. The summed E-state index contributed by atoms with van der Waals surface area (Å²) in [5.74, 6) is -0.362. The molecule has 0 aromatic carbocycles. The molecule has 1 rings (SSSR count). The minimum atomic E-state index is -0.362. The van der Waals surface area contributed by atoms with Crippen LogP contribution in [0.4, 0.5) is 0 Å². The Hall–Kier alpha value is -0.250. The summed E-state index contributed by atoms with van der Waals surface area (Å²) < 4.78 is 5.26. The van der Waals surface area contributed by atoms with Gasteiger partial charge in [0.1, 0.15) is 9.21 Å². The van der Waals surface area contributed by atoms with Gasteiger partial charge < -0.3 is 4.74 Å². The SMILES string of the molecule is CCOC(=O)c1sc(Cl)c(Cl)c1C. The van der Waals surface area contributed by atoms with Gasteiger partial charge in [0, 0.05) is 0 Å². The maximum absolute atomic E-state index is 11.3. The van der Waals surface area contributed by atoms with E-state index in [0.717, 1.165) is 11.3 Å². The fraction of sp³-hybridized carbons (Fsp3) is 0.375. The lowest BCUT2D eigenvalue weighted by Gasteiger charge is -1.98. The lowest BCUT2D eigenvalue weighted by molar-refractivity contribution is 0.0531. The number of ether oxygens (including phenoxy) is 1. The highest BCUT2D eigenvalue weighted by Crippen LogP contribution is 2.36. The summed E-state index contributed by atoms with van der Waals surface area (Å²) in [7, 11) is 0. The van der Waals surface area contributed by atoms with Crippen molar-refractivity contribution in [3.05, 3.63) is 19.8 Å². The van der Waals surface area contributed by atoms with Crippen molar-refractivity contribution in [3.8, 4) is 0 Å². The molecule has 13 heavy (non-hydrogen) atoms. The van der Waals surface area contributed by atoms with Gasteiger partial charge in [-0.05, 0) is 19.4 Å². The van der Waals surface area contributed by atoms with Crippen molar-refractivity contribution in [2.45, 2.75) is 13.8 Å². The molecule has 0 aliphatic rings. The predicted octanol–water partition coefficient (Wildman–Crippen LogP) is 3.54. The second-order valence-corrected chi connectivity index (χ2v) is 4.37. The van der Waals surface area contributed by atoms with Crippen molar-refractivity contribution in [3.63, 3.8) is 0 Å². The molecule has 0 N–H and O–H groups in total. The van der Waals surface area contributed by atoms with E-state index in [1.165, 1.54) is 0 Å². The first kappa shape index (κ1) is 10.8. The summed E-state index contributed by atoms with van der Waals surface area (Å²) in [6, 6.07) is 0. The maximum atomic E-state index is 11.3. The zero-order chi connectivity index (χ0) is 10.0. The van der Waals surface area contributed by atoms with E-state index in [0.29, 0.717) is 26.4 Å². The van der Waals surface area contributed by atoms with Gasteiger partial charge in [-0.3, -0.25) is 0 Å². The second kappa shape index (κ2) is 4.31. The molecule has 1 aromatic rings. The topological polar surface area (TPSA) is 26.3 Å². The molecule has 1 heterocycles. The molecule has 0 fully saturated rings. The number of thiophene rings is 1. The van der Waals surface area contributed by atoms with Crippen molar-refractivity contribution in [1.29, 1.82) is 0 Å². The minimum absolute atomic E-state index is 0.353. The van der Waals surface area contributed by atoms with E-state index in [2.05, 4.69) is 0 Å². The molecule has 0 saturated carbocycles. The molecule has 0 amide bonds. The quantitative estimate of drug-likeness (QED) is 0.738. The van der Waals surface area contributed by atoms with Gasteiger partial charge in [0.25, 0.3) is 0 Å². The highest BCUT2D eigenvalue weighted by atomic mass is 35.5. The fourth-order valence-corrected chi connectivity index (χ4v) is 2.31. The molecule has 1 aromatic heterocycles. The van der Waals surface area contributed by atoms with Crippen LogP contribution < -0.4 is 0 Å². The van der Waals surface area contributed by atoms with Crippen LogP contribution in [0.1, 0.15) is 22.2 Å². The molecule has 0 bridgehead atoms. The monoisotopic (exact) mass is 238 g/mol. The third kappa shape index (κ3) is 2.16. The highest BCUT2D eigenvalue weighted by molar-refractivity contribution is 7.18. The Bertz CT molecular complexity index is 333. The summed E-state index contributed by atoms with van der Waals surface area (Å²) in [5, 5.41) is 0.440. The molecule has 0 aliphatic carbocycles. The van der Waals surface area contributed by atoms with Crippen LogP contribution >= 0.6 is 34.5 Å². The van der Waals surface area contributed by atoms with E-state index in [4.69, 9.17) is 27.9 Å². The molecular weight excluding hydrogens is 231 g/mol. The average molecular weight is 239 g/mol. The van der Waals surface area contributed by atoms with Crippen LogP contribution in [0, 0.1) is 6.92 Å². The van der Waals surface area contributed by atoms with E-state index < -0.39 is 0 Å². The van der Waals surface area contributed by atoms with E-state index >= 15 is 0 Å². The highest BCUT2D eigenvalue weighted by Gasteiger charge is 2.18.